The van der Waals surface area contributed by atoms with Crippen molar-refractivity contribution in [3.63, 3.8) is 0 Å². The van der Waals surface area contributed by atoms with Crippen molar-refractivity contribution in [3.8, 4) is 0 Å². The largest absolute Gasteiger partial charge is 0.481 e. The molecular weight excluding hydrogens is 319 g/mol. The van der Waals surface area contributed by atoms with E-state index in [1.807, 2.05) is 0 Å². The molecule has 120 valence electrons. The van der Waals surface area contributed by atoms with E-state index in [1.165, 1.54) is 29.2 Å². The van der Waals surface area contributed by atoms with Crippen molar-refractivity contribution in [2.75, 3.05) is 13.1 Å². The number of alkyl halides is 3. The lowest BCUT2D eigenvalue weighted by Crippen LogP contribution is -2.40. The van der Waals surface area contributed by atoms with Crippen molar-refractivity contribution in [3.05, 3.63) is 29.8 Å². The quantitative estimate of drug-likeness (QED) is 0.863. The number of aliphatic carboxylic acids is 1. The maximum absolute atomic E-state index is 12.2. The summed E-state index contributed by atoms with van der Waals surface area (Å²) >= 11 is -0.230. The summed E-state index contributed by atoms with van der Waals surface area (Å²) < 4.78 is 36.7. The molecule has 0 bridgehead atoms. The Morgan fingerprint density at radius 3 is 2.14 bits per heavy atom. The van der Waals surface area contributed by atoms with Crippen LogP contribution in [0.5, 0.6) is 0 Å². The zero-order valence-corrected chi connectivity index (χ0v) is 12.3. The van der Waals surface area contributed by atoms with Gasteiger partial charge in [-0.05, 0) is 48.9 Å². The zero-order valence-electron chi connectivity index (χ0n) is 11.5. The smallest absolute Gasteiger partial charge is 0.446 e. The molecule has 1 fully saturated rings. The highest BCUT2D eigenvalue weighted by atomic mass is 32.2. The van der Waals surface area contributed by atoms with Gasteiger partial charge in [-0.2, -0.15) is 13.2 Å². The Balaban J connectivity index is 1.97. The fourth-order valence-corrected chi connectivity index (χ4v) is 2.85. The molecule has 1 N–H and O–H groups in total. The van der Waals surface area contributed by atoms with Crippen molar-refractivity contribution in [2.45, 2.75) is 23.2 Å². The number of carbonyl (C=O) groups is 2. The third kappa shape index (κ3) is 4.40. The summed E-state index contributed by atoms with van der Waals surface area (Å²) in [6.45, 7) is 0.684. The molecule has 0 spiro atoms. The van der Waals surface area contributed by atoms with Gasteiger partial charge in [-0.3, -0.25) is 9.59 Å². The number of piperidine rings is 1. The van der Waals surface area contributed by atoms with Crippen LogP contribution in [0.15, 0.2) is 29.2 Å². The maximum atomic E-state index is 12.2. The molecule has 1 heterocycles. The summed E-state index contributed by atoms with van der Waals surface area (Å²) in [5, 5.41) is 8.91. The summed E-state index contributed by atoms with van der Waals surface area (Å²) in [7, 11) is 0. The number of carbonyl (C=O) groups excluding carboxylic acids is 1. The molecule has 1 amide bonds. The van der Waals surface area contributed by atoms with Crippen LogP contribution in [0.25, 0.3) is 0 Å². The van der Waals surface area contributed by atoms with Crippen LogP contribution in [0, 0.1) is 5.92 Å². The van der Waals surface area contributed by atoms with Crippen LogP contribution in [-0.4, -0.2) is 40.5 Å². The fourth-order valence-electron chi connectivity index (χ4n) is 2.31. The first-order chi connectivity index (χ1) is 10.3. The third-order valence-electron chi connectivity index (χ3n) is 3.47. The number of hydrogen-bond donors (Lipinski definition) is 1. The summed E-state index contributed by atoms with van der Waals surface area (Å²) in [4.78, 5) is 24.6. The number of thioether (sulfide) groups is 1. The third-order valence-corrected chi connectivity index (χ3v) is 4.21. The highest BCUT2D eigenvalue weighted by Crippen LogP contribution is 2.36. The lowest BCUT2D eigenvalue weighted by Gasteiger charge is -2.30. The number of likely N-dealkylation sites (tertiary alicyclic amines) is 1. The summed E-state index contributed by atoms with van der Waals surface area (Å²) in [5.74, 6) is -1.58. The molecule has 1 aromatic carbocycles. The molecule has 0 aliphatic carbocycles. The van der Waals surface area contributed by atoms with Crippen LogP contribution < -0.4 is 0 Å². The van der Waals surface area contributed by atoms with Crippen LogP contribution in [0.4, 0.5) is 13.2 Å². The second-order valence-electron chi connectivity index (χ2n) is 4.98. The van der Waals surface area contributed by atoms with Gasteiger partial charge in [-0.25, -0.2) is 0 Å². The second kappa shape index (κ2) is 6.60. The van der Waals surface area contributed by atoms with Gasteiger partial charge < -0.3 is 10.0 Å². The van der Waals surface area contributed by atoms with Gasteiger partial charge >= 0.3 is 11.5 Å². The molecule has 22 heavy (non-hydrogen) atoms. The topological polar surface area (TPSA) is 57.6 Å². The first-order valence-electron chi connectivity index (χ1n) is 6.64. The Kier molecular flexibility index (Phi) is 5.00. The molecule has 0 saturated carbocycles. The number of hydrogen-bond acceptors (Lipinski definition) is 3. The van der Waals surface area contributed by atoms with Crippen LogP contribution in [0.3, 0.4) is 0 Å². The summed E-state index contributed by atoms with van der Waals surface area (Å²) in [6.07, 6.45) is 0.784. The van der Waals surface area contributed by atoms with Gasteiger partial charge in [0, 0.05) is 23.5 Å². The van der Waals surface area contributed by atoms with Gasteiger partial charge in [0.25, 0.3) is 5.91 Å². The molecule has 1 saturated heterocycles. The van der Waals surface area contributed by atoms with Gasteiger partial charge in [0.2, 0.25) is 0 Å². The van der Waals surface area contributed by atoms with Gasteiger partial charge in [0.05, 0.1) is 5.92 Å². The van der Waals surface area contributed by atoms with Gasteiger partial charge in [0.15, 0.2) is 0 Å². The van der Waals surface area contributed by atoms with Gasteiger partial charge in [0.1, 0.15) is 0 Å². The predicted octanol–water partition coefficient (Wildman–Crippen LogP) is 3.24. The molecule has 4 nitrogen and oxygen atoms in total. The Morgan fingerprint density at radius 2 is 1.68 bits per heavy atom. The van der Waals surface area contributed by atoms with E-state index in [-0.39, 0.29) is 22.6 Å². The number of carboxylic acid groups (broad SMARTS) is 1. The average molecular weight is 333 g/mol. The minimum Gasteiger partial charge on any atom is -0.481 e. The van der Waals surface area contributed by atoms with E-state index in [0.29, 0.717) is 31.5 Å². The molecule has 0 aromatic heterocycles. The highest BCUT2D eigenvalue weighted by molar-refractivity contribution is 8.00. The summed E-state index contributed by atoms with van der Waals surface area (Å²) in [6, 6.07) is 5.24. The standard InChI is InChI=1S/C14H14F3NO3S/c15-14(16,17)22-11-3-1-9(2-4-11)12(19)18-7-5-10(6-8-18)13(20)21/h1-4,10H,5-8H2,(H,20,21). The number of halogens is 3. The Labute approximate surface area is 129 Å². The number of benzene rings is 1. The van der Waals surface area contributed by atoms with E-state index in [1.54, 1.807) is 0 Å². The minimum absolute atomic E-state index is 0.0219. The number of rotatable bonds is 3. The molecule has 0 radical (unpaired) electrons. The molecule has 0 atom stereocenters. The van der Waals surface area contributed by atoms with Crippen LogP contribution in [0.2, 0.25) is 0 Å². The molecule has 1 aliphatic heterocycles. The Bertz CT molecular complexity index is 551. The molecule has 8 heteroatoms. The van der Waals surface area contributed by atoms with Crippen LogP contribution in [-0.2, 0) is 4.79 Å². The van der Waals surface area contributed by atoms with Crippen molar-refractivity contribution < 1.29 is 27.9 Å². The number of amides is 1. The number of carboxylic acids is 1. The zero-order chi connectivity index (χ0) is 16.3. The van der Waals surface area contributed by atoms with E-state index in [2.05, 4.69) is 0 Å². The Morgan fingerprint density at radius 1 is 1.14 bits per heavy atom. The van der Waals surface area contributed by atoms with E-state index in [4.69, 9.17) is 5.11 Å². The summed E-state index contributed by atoms with van der Waals surface area (Å²) in [5.41, 5.74) is -4.05. The lowest BCUT2D eigenvalue weighted by molar-refractivity contribution is -0.143. The first-order valence-corrected chi connectivity index (χ1v) is 7.46. The van der Waals surface area contributed by atoms with Gasteiger partial charge in [-0.1, -0.05) is 0 Å². The van der Waals surface area contributed by atoms with Crippen molar-refractivity contribution in [1.29, 1.82) is 0 Å². The SMILES string of the molecule is O=C(O)C1CCN(C(=O)c2ccc(SC(F)(F)F)cc2)CC1. The van der Waals surface area contributed by atoms with Crippen LogP contribution >= 0.6 is 11.8 Å². The molecular formula is C14H14F3NO3S. The maximum Gasteiger partial charge on any atom is 0.446 e. The lowest BCUT2D eigenvalue weighted by atomic mass is 9.96. The van der Waals surface area contributed by atoms with Gasteiger partial charge in [-0.15, -0.1) is 0 Å². The van der Waals surface area contributed by atoms with E-state index in [9.17, 15) is 22.8 Å². The minimum atomic E-state index is -4.36. The number of nitrogens with zero attached hydrogens (tertiary/aromatic N) is 1. The second-order valence-corrected chi connectivity index (χ2v) is 6.12. The Hall–Kier alpha value is -1.70. The van der Waals surface area contributed by atoms with Crippen molar-refractivity contribution >= 4 is 23.6 Å². The first kappa shape index (κ1) is 16.7. The van der Waals surface area contributed by atoms with E-state index < -0.39 is 17.4 Å². The highest BCUT2D eigenvalue weighted by Gasteiger charge is 2.30. The molecule has 2 rings (SSSR count). The van der Waals surface area contributed by atoms with Crippen molar-refractivity contribution in [1.82, 2.24) is 4.90 Å². The molecule has 1 aliphatic rings. The van der Waals surface area contributed by atoms with E-state index >= 15 is 0 Å². The molecule has 1 aromatic rings. The normalized spacial score (nSPS) is 16.6. The molecule has 0 unspecified atom stereocenters. The van der Waals surface area contributed by atoms with Crippen molar-refractivity contribution in [2.24, 2.45) is 5.92 Å². The average Bonchev–Trinajstić information content (AvgIpc) is 2.46. The predicted molar refractivity (Wildman–Crippen MR) is 74.6 cm³/mol. The fraction of sp³-hybridized carbons (Fsp3) is 0.429. The van der Waals surface area contributed by atoms with Crippen LogP contribution in [0.1, 0.15) is 23.2 Å². The van der Waals surface area contributed by atoms with E-state index in [0.717, 1.165) is 0 Å². The monoisotopic (exact) mass is 333 g/mol.